The van der Waals surface area contributed by atoms with Crippen LogP contribution < -0.4 is 0 Å². The van der Waals surface area contributed by atoms with Crippen LogP contribution in [0.5, 0.6) is 0 Å². The van der Waals surface area contributed by atoms with Crippen LogP contribution in [0.25, 0.3) is 0 Å². The van der Waals surface area contributed by atoms with E-state index in [1.807, 2.05) is 30.4 Å². The molecular weight excluding hydrogens is 773 g/mol. The summed E-state index contributed by atoms with van der Waals surface area (Å²) in [5.41, 5.74) is 0. The average molecular weight is 861 g/mol. The van der Waals surface area contributed by atoms with Gasteiger partial charge in [-0.3, -0.25) is 9.59 Å². The molecule has 0 saturated carbocycles. The van der Waals surface area contributed by atoms with Gasteiger partial charge >= 0.3 is 11.9 Å². The van der Waals surface area contributed by atoms with Crippen molar-refractivity contribution >= 4 is 11.9 Å². The van der Waals surface area contributed by atoms with E-state index >= 15 is 0 Å². The highest BCUT2D eigenvalue weighted by Gasteiger charge is 2.44. The minimum Gasteiger partial charge on any atom is -0.462 e. The Morgan fingerprint density at radius 2 is 0.984 bits per heavy atom. The number of unbranched alkanes of at least 4 members (excludes halogenated alkanes) is 22. The molecule has 1 aliphatic rings. The number of hydrogen-bond acceptors (Lipinski definition) is 10. The van der Waals surface area contributed by atoms with Crippen molar-refractivity contribution in [2.45, 2.75) is 230 Å². The van der Waals surface area contributed by atoms with E-state index in [2.05, 4.69) is 44.2 Å². The fraction of sp³-hybridized carbons (Fsp3) is 0.765. The van der Waals surface area contributed by atoms with Gasteiger partial charge in [0, 0.05) is 12.8 Å². The second-order valence-corrected chi connectivity index (χ2v) is 16.6. The van der Waals surface area contributed by atoms with Crippen molar-refractivity contribution in [3.63, 3.8) is 0 Å². The number of rotatable bonds is 40. The standard InChI is InChI=1S/C51H88O10/c1-3-5-7-9-11-13-15-17-19-20-21-22-23-24-26-28-30-32-34-36-38-40-47(54)60-44(43-59-51-50(57)49(56)48(55)45(41-52)61-51)42-58-46(53)39-37-35-33-31-29-27-25-18-16-14-12-10-8-6-4-2/h6,8,10,12,14,16-19,25,44-45,48-52,55-57H,3-5,7,9,11,13,15,20-24,26-43H2,1-2H3/b8-6+,12-10+,16-14+,19-17+,25-18+/t44-,45-,48+,49?,50?,51-/m1/s1. The van der Waals surface area contributed by atoms with Crippen LogP contribution in [0.1, 0.15) is 194 Å². The van der Waals surface area contributed by atoms with Crippen LogP contribution >= 0.6 is 0 Å². The quantitative estimate of drug-likeness (QED) is 0.0203. The molecule has 0 bridgehead atoms. The van der Waals surface area contributed by atoms with E-state index in [9.17, 15) is 30.0 Å². The molecule has 0 aromatic carbocycles. The lowest BCUT2D eigenvalue weighted by molar-refractivity contribution is -0.305. The maximum absolute atomic E-state index is 12.8. The Labute approximate surface area is 370 Å². The summed E-state index contributed by atoms with van der Waals surface area (Å²) >= 11 is 0. The number of carbonyl (C=O) groups excluding carboxylic acids is 2. The Balaban J connectivity index is 2.29. The molecule has 0 aliphatic carbocycles. The molecule has 10 nitrogen and oxygen atoms in total. The molecule has 4 N–H and O–H groups in total. The maximum atomic E-state index is 12.8. The van der Waals surface area contributed by atoms with Gasteiger partial charge in [-0.15, -0.1) is 0 Å². The largest absolute Gasteiger partial charge is 0.462 e. The highest BCUT2D eigenvalue weighted by molar-refractivity contribution is 5.70. The third-order valence-corrected chi connectivity index (χ3v) is 11.0. The van der Waals surface area contributed by atoms with Gasteiger partial charge in [0.25, 0.3) is 0 Å². The van der Waals surface area contributed by atoms with E-state index in [0.29, 0.717) is 12.8 Å². The molecule has 6 atom stereocenters. The van der Waals surface area contributed by atoms with Gasteiger partial charge < -0.3 is 39.4 Å². The normalized spacial score (nSPS) is 20.3. The summed E-state index contributed by atoms with van der Waals surface area (Å²) in [6.07, 6.45) is 43.7. The molecule has 2 unspecified atom stereocenters. The monoisotopic (exact) mass is 861 g/mol. The molecule has 61 heavy (non-hydrogen) atoms. The van der Waals surface area contributed by atoms with Crippen LogP contribution in [0.3, 0.4) is 0 Å². The van der Waals surface area contributed by atoms with Gasteiger partial charge in [0.05, 0.1) is 13.2 Å². The second-order valence-electron chi connectivity index (χ2n) is 16.6. The second kappa shape index (κ2) is 41.4. The number of esters is 2. The first-order chi connectivity index (χ1) is 29.8. The van der Waals surface area contributed by atoms with E-state index in [-0.39, 0.29) is 26.1 Å². The zero-order valence-electron chi connectivity index (χ0n) is 38.4. The van der Waals surface area contributed by atoms with E-state index in [1.165, 1.54) is 96.3 Å². The van der Waals surface area contributed by atoms with Gasteiger partial charge in [0.15, 0.2) is 12.4 Å². The van der Waals surface area contributed by atoms with E-state index in [0.717, 1.165) is 57.8 Å². The summed E-state index contributed by atoms with van der Waals surface area (Å²) in [5.74, 6) is -0.834. The lowest BCUT2D eigenvalue weighted by Gasteiger charge is -2.39. The van der Waals surface area contributed by atoms with Crippen LogP contribution in [-0.2, 0) is 28.5 Å². The number of allylic oxidation sites excluding steroid dienone is 10. The minimum absolute atomic E-state index is 0.222. The highest BCUT2D eigenvalue weighted by atomic mass is 16.7. The molecule has 10 heteroatoms. The molecule has 1 rings (SSSR count). The van der Waals surface area contributed by atoms with E-state index in [1.54, 1.807) is 0 Å². The zero-order chi connectivity index (χ0) is 44.4. The Kier molecular flexibility index (Phi) is 38.3. The van der Waals surface area contributed by atoms with Gasteiger partial charge in [-0.2, -0.15) is 0 Å². The number of aliphatic hydroxyl groups is 4. The van der Waals surface area contributed by atoms with Crippen molar-refractivity contribution in [2.24, 2.45) is 0 Å². The van der Waals surface area contributed by atoms with Crippen LogP contribution in [0.15, 0.2) is 60.8 Å². The predicted octanol–water partition coefficient (Wildman–Crippen LogP) is 11.0. The van der Waals surface area contributed by atoms with E-state index in [4.69, 9.17) is 18.9 Å². The van der Waals surface area contributed by atoms with Crippen LogP contribution in [0, 0.1) is 0 Å². The molecule has 0 aromatic rings. The maximum Gasteiger partial charge on any atom is 0.306 e. The summed E-state index contributed by atoms with van der Waals surface area (Å²) in [6, 6.07) is 0. The minimum atomic E-state index is -1.60. The lowest BCUT2D eigenvalue weighted by atomic mass is 9.99. The Morgan fingerprint density at radius 1 is 0.525 bits per heavy atom. The zero-order valence-corrected chi connectivity index (χ0v) is 38.4. The average Bonchev–Trinajstić information content (AvgIpc) is 3.26. The first-order valence-corrected chi connectivity index (χ1v) is 24.4. The molecular formula is C51H88O10. The Morgan fingerprint density at radius 3 is 1.51 bits per heavy atom. The first kappa shape index (κ1) is 56.4. The number of carbonyl (C=O) groups is 2. The van der Waals surface area contributed by atoms with Crippen molar-refractivity contribution in [3.05, 3.63) is 60.8 Å². The number of aliphatic hydroxyl groups excluding tert-OH is 4. The van der Waals surface area contributed by atoms with Crippen molar-refractivity contribution in [2.75, 3.05) is 19.8 Å². The molecule has 0 aromatic heterocycles. The number of ether oxygens (including phenoxy) is 4. The van der Waals surface area contributed by atoms with Crippen LogP contribution in [0.4, 0.5) is 0 Å². The molecule has 0 spiro atoms. The van der Waals surface area contributed by atoms with Crippen molar-refractivity contribution in [1.29, 1.82) is 0 Å². The molecule has 0 amide bonds. The summed E-state index contributed by atoms with van der Waals surface area (Å²) in [5, 5.41) is 40.1. The van der Waals surface area contributed by atoms with Crippen molar-refractivity contribution in [1.82, 2.24) is 0 Å². The summed E-state index contributed by atoms with van der Waals surface area (Å²) in [6.45, 7) is 3.26. The molecule has 1 saturated heterocycles. The van der Waals surface area contributed by atoms with Crippen molar-refractivity contribution < 1.29 is 49.0 Å². The van der Waals surface area contributed by atoms with Gasteiger partial charge in [0.1, 0.15) is 31.0 Å². The summed E-state index contributed by atoms with van der Waals surface area (Å²) < 4.78 is 22.2. The van der Waals surface area contributed by atoms with E-state index < -0.39 is 55.4 Å². The molecule has 0 radical (unpaired) electrons. The summed E-state index contributed by atoms with van der Waals surface area (Å²) in [4.78, 5) is 25.4. The fourth-order valence-corrected chi connectivity index (χ4v) is 7.13. The van der Waals surface area contributed by atoms with Crippen LogP contribution in [-0.4, -0.2) is 89.0 Å². The third kappa shape index (κ3) is 32.7. The van der Waals surface area contributed by atoms with Gasteiger partial charge in [-0.25, -0.2) is 0 Å². The molecule has 1 fully saturated rings. The van der Waals surface area contributed by atoms with Crippen LogP contribution in [0.2, 0.25) is 0 Å². The predicted molar refractivity (Wildman–Crippen MR) is 247 cm³/mol. The SMILES string of the molecule is CC/C=C/C=C/C=C/C=C/CCCCCCCC(=O)OC[C@H](CO[C@@H]1O[C@H](CO)[C@H](O)C(O)C1O)OC(=O)CCCCCCCCCCCCC/C=C/CCCCCCCC. The van der Waals surface area contributed by atoms with Gasteiger partial charge in [0.2, 0.25) is 0 Å². The number of hydrogen-bond donors (Lipinski definition) is 4. The third-order valence-electron chi connectivity index (χ3n) is 11.0. The lowest BCUT2D eigenvalue weighted by Crippen LogP contribution is -2.59. The Bertz CT molecular complexity index is 1180. The van der Waals surface area contributed by atoms with Gasteiger partial charge in [-0.05, 0) is 57.8 Å². The topological polar surface area (TPSA) is 152 Å². The highest BCUT2D eigenvalue weighted by Crippen LogP contribution is 2.23. The molecule has 1 heterocycles. The fourth-order valence-electron chi connectivity index (χ4n) is 7.13. The Hall–Kier alpha value is -2.60. The van der Waals surface area contributed by atoms with Gasteiger partial charge in [-0.1, -0.05) is 184 Å². The smallest absolute Gasteiger partial charge is 0.306 e. The summed E-state index contributed by atoms with van der Waals surface area (Å²) in [7, 11) is 0. The molecule has 352 valence electrons. The first-order valence-electron chi connectivity index (χ1n) is 24.4. The van der Waals surface area contributed by atoms with Crippen molar-refractivity contribution in [3.8, 4) is 0 Å². The molecule has 1 aliphatic heterocycles.